The van der Waals surface area contributed by atoms with Crippen molar-refractivity contribution in [2.45, 2.75) is 13.3 Å². The maximum atomic E-state index is 11.9. The van der Waals surface area contributed by atoms with E-state index in [0.29, 0.717) is 25.2 Å². The molecule has 24 heavy (non-hydrogen) atoms. The van der Waals surface area contributed by atoms with E-state index in [1.165, 1.54) is 5.39 Å². The van der Waals surface area contributed by atoms with Gasteiger partial charge in [-0.25, -0.2) is 4.79 Å². The molecule has 0 saturated carbocycles. The summed E-state index contributed by atoms with van der Waals surface area (Å²) in [4.78, 5) is 11.9. The predicted octanol–water partition coefficient (Wildman–Crippen LogP) is 4.77. The van der Waals surface area contributed by atoms with Crippen LogP contribution in [0.5, 0.6) is 5.75 Å². The van der Waals surface area contributed by atoms with Crippen molar-refractivity contribution in [3.63, 3.8) is 0 Å². The molecule has 3 heteroatoms. The second-order valence-electron chi connectivity index (χ2n) is 5.71. The Kier molecular flexibility index (Phi) is 5.12. The van der Waals surface area contributed by atoms with Crippen molar-refractivity contribution in [1.29, 1.82) is 0 Å². The number of fused-ring (bicyclic) bond motifs is 1. The van der Waals surface area contributed by atoms with Gasteiger partial charge in [-0.3, -0.25) is 0 Å². The minimum atomic E-state index is -0.291. The zero-order valence-corrected chi connectivity index (χ0v) is 13.7. The zero-order chi connectivity index (χ0) is 16.8. The maximum absolute atomic E-state index is 11.9. The van der Waals surface area contributed by atoms with Gasteiger partial charge in [0.15, 0.2) is 0 Å². The van der Waals surface area contributed by atoms with Gasteiger partial charge in [0.2, 0.25) is 0 Å². The highest BCUT2D eigenvalue weighted by molar-refractivity contribution is 5.89. The van der Waals surface area contributed by atoms with Crippen LogP contribution < -0.4 is 4.74 Å². The van der Waals surface area contributed by atoms with Gasteiger partial charge in [-0.05, 0) is 42.0 Å². The molecule has 3 aromatic rings. The van der Waals surface area contributed by atoms with E-state index in [4.69, 9.17) is 9.47 Å². The van der Waals surface area contributed by atoms with Crippen molar-refractivity contribution in [1.82, 2.24) is 0 Å². The Balaban J connectivity index is 1.43. The second kappa shape index (κ2) is 7.64. The third-order valence-electron chi connectivity index (χ3n) is 3.80. The smallest absolute Gasteiger partial charge is 0.338 e. The summed E-state index contributed by atoms with van der Waals surface area (Å²) in [5, 5.41) is 2.35. The molecule has 3 nitrogen and oxygen atoms in total. The molecular formula is C21H20O3. The Morgan fingerprint density at radius 2 is 1.62 bits per heavy atom. The van der Waals surface area contributed by atoms with Gasteiger partial charge in [0.1, 0.15) is 5.75 Å². The Morgan fingerprint density at radius 3 is 2.42 bits per heavy atom. The van der Waals surface area contributed by atoms with Crippen LogP contribution >= 0.6 is 0 Å². The van der Waals surface area contributed by atoms with Crippen molar-refractivity contribution >= 4 is 16.7 Å². The molecule has 0 radical (unpaired) electrons. The maximum Gasteiger partial charge on any atom is 0.338 e. The fraction of sp³-hybridized carbons (Fsp3) is 0.190. The largest absolute Gasteiger partial charge is 0.493 e. The summed E-state index contributed by atoms with van der Waals surface area (Å²) in [7, 11) is 0. The first-order valence-corrected chi connectivity index (χ1v) is 8.08. The molecule has 3 rings (SSSR count). The van der Waals surface area contributed by atoms with Crippen LogP contribution in [-0.2, 0) is 4.74 Å². The number of rotatable bonds is 6. The highest BCUT2D eigenvalue weighted by Gasteiger charge is 2.06. The van der Waals surface area contributed by atoms with Crippen LogP contribution in [0, 0.1) is 6.92 Å². The normalized spacial score (nSPS) is 10.5. The molecule has 0 aliphatic carbocycles. The Labute approximate surface area is 141 Å². The van der Waals surface area contributed by atoms with E-state index in [9.17, 15) is 4.79 Å². The number of esters is 1. The molecule has 0 unspecified atom stereocenters. The molecular weight excluding hydrogens is 300 g/mol. The molecule has 0 spiro atoms. The molecule has 0 fully saturated rings. The van der Waals surface area contributed by atoms with Gasteiger partial charge < -0.3 is 9.47 Å². The first-order chi connectivity index (χ1) is 11.7. The number of carbonyl (C=O) groups excluding carboxylic acids is 1. The fourth-order valence-electron chi connectivity index (χ4n) is 2.44. The average molecular weight is 320 g/mol. The predicted molar refractivity (Wildman–Crippen MR) is 95.5 cm³/mol. The Bertz CT molecular complexity index is 822. The molecule has 0 aromatic heterocycles. The molecule has 0 aliphatic heterocycles. The topological polar surface area (TPSA) is 35.5 Å². The van der Waals surface area contributed by atoms with Gasteiger partial charge in [-0.2, -0.15) is 0 Å². The monoisotopic (exact) mass is 320 g/mol. The summed E-state index contributed by atoms with van der Waals surface area (Å²) in [6.07, 6.45) is 0.657. The van der Waals surface area contributed by atoms with Crippen LogP contribution in [0.25, 0.3) is 10.8 Å². The zero-order valence-electron chi connectivity index (χ0n) is 13.7. The summed E-state index contributed by atoms with van der Waals surface area (Å²) in [5.74, 6) is 0.541. The Morgan fingerprint density at radius 1 is 0.875 bits per heavy atom. The third-order valence-corrected chi connectivity index (χ3v) is 3.80. The number of hydrogen-bond acceptors (Lipinski definition) is 3. The van der Waals surface area contributed by atoms with Gasteiger partial charge in [0.05, 0.1) is 18.8 Å². The fourth-order valence-corrected chi connectivity index (χ4v) is 2.44. The van der Waals surface area contributed by atoms with E-state index >= 15 is 0 Å². The van der Waals surface area contributed by atoms with E-state index in [-0.39, 0.29) is 5.97 Å². The van der Waals surface area contributed by atoms with Crippen LogP contribution in [0.3, 0.4) is 0 Å². The first-order valence-electron chi connectivity index (χ1n) is 8.08. The highest BCUT2D eigenvalue weighted by Crippen LogP contribution is 2.20. The quantitative estimate of drug-likeness (QED) is 0.484. The average Bonchev–Trinajstić information content (AvgIpc) is 2.61. The molecule has 0 N–H and O–H groups in total. The summed E-state index contributed by atoms with van der Waals surface area (Å²) in [6.45, 7) is 2.85. The highest BCUT2D eigenvalue weighted by atomic mass is 16.5. The number of benzene rings is 3. The van der Waals surface area contributed by atoms with Crippen molar-refractivity contribution in [3.8, 4) is 5.75 Å². The molecule has 0 heterocycles. The summed E-state index contributed by atoms with van der Waals surface area (Å²) >= 11 is 0. The van der Waals surface area contributed by atoms with Crippen LogP contribution in [0.2, 0.25) is 0 Å². The van der Waals surface area contributed by atoms with Gasteiger partial charge in [-0.15, -0.1) is 0 Å². The van der Waals surface area contributed by atoms with E-state index in [2.05, 4.69) is 12.1 Å². The molecule has 0 atom stereocenters. The molecule has 0 aliphatic rings. The van der Waals surface area contributed by atoms with Crippen molar-refractivity contribution in [2.24, 2.45) is 0 Å². The lowest BCUT2D eigenvalue weighted by atomic mass is 10.1. The molecule has 3 aromatic carbocycles. The van der Waals surface area contributed by atoms with Crippen LogP contribution in [0.4, 0.5) is 0 Å². The lowest BCUT2D eigenvalue weighted by molar-refractivity contribution is 0.0486. The van der Waals surface area contributed by atoms with Crippen LogP contribution in [0.1, 0.15) is 22.3 Å². The van der Waals surface area contributed by atoms with E-state index in [1.807, 2.05) is 49.4 Å². The van der Waals surface area contributed by atoms with Gasteiger partial charge in [-0.1, -0.05) is 48.0 Å². The van der Waals surface area contributed by atoms with E-state index < -0.39 is 0 Å². The number of hydrogen-bond donors (Lipinski definition) is 0. The van der Waals surface area contributed by atoms with Crippen molar-refractivity contribution < 1.29 is 14.3 Å². The van der Waals surface area contributed by atoms with Gasteiger partial charge >= 0.3 is 5.97 Å². The summed E-state index contributed by atoms with van der Waals surface area (Å²) in [6, 6.07) is 21.6. The standard InChI is InChI=1S/C21H20O3/c1-16-7-9-18(10-8-16)21(22)24-14-4-13-23-20-12-11-17-5-2-3-6-19(17)15-20/h2-3,5-12,15H,4,13-14H2,1H3. The molecule has 0 amide bonds. The van der Waals surface area contributed by atoms with Crippen molar-refractivity contribution in [3.05, 3.63) is 77.9 Å². The number of ether oxygens (including phenoxy) is 2. The van der Waals surface area contributed by atoms with E-state index in [0.717, 1.165) is 16.7 Å². The lowest BCUT2D eigenvalue weighted by Gasteiger charge is -2.08. The SMILES string of the molecule is Cc1ccc(C(=O)OCCCOc2ccc3ccccc3c2)cc1. The van der Waals surface area contributed by atoms with Crippen LogP contribution in [-0.4, -0.2) is 19.2 Å². The van der Waals surface area contributed by atoms with Gasteiger partial charge in [0, 0.05) is 6.42 Å². The number of aryl methyl sites for hydroxylation is 1. The van der Waals surface area contributed by atoms with Crippen molar-refractivity contribution in [2.75, 3.05) is 13.2 Å². The first kappa shape index (κ1) is 16.1. The third kappa shape index (κ3) is 4.13. The summed E-state index contributed by atoms with van der Waals surface area (Å²) < 4.78 is 11.0. The molecule has 122 valence electrons. The Hall–Kier alpha value is -2.81. The van der Waals surface area contributed by atoms with Gasteiger partial charge in [0.25, 0.3) is 0 Å². The van der Waals surface area contributed by atoms with Crippen LogP contribution in [0.15, 0.2) is 66.7 Å². The molecule has 0 bridgehead atoms. The minimum Gasteiger partial charge on any atom is -0.493 e. The van der Waals surface area contributed by atoms with E-state index in [1.54, 1.807) is 12.1 Å². The second-order valence-corrected chi connectivity index (χ2v) is 5.71. The summed E-state index contributed by atoms with van der Waals surface area (Å²) in [5.41, 5.74) is 1.70. The lowest BCUT2D eigenvalue weighted by Crippen LogP contribution is -2.09. The number of carbonyl (C=O) groups is 1. The minimum absolute atomic E-state index is 0.291. The molecule has 0 saturated heterocycles.